The first-order valence-corrected chi connectivity index (χ1v) is 10.8. The number of hydrogen-bond acceptors (Lipinski definition) is 15. The zero-order valence-electron chi connectivity index (χ0n) is 17.9. The Hall–Kier alpha value is -0.600. The van der Waals surface area contributed by atoms with Gasteiger partial charge in [-0.3, -0.25) is 0 Å². The first kappa shape index (κ1) is 27.0. The third-order valence-corrected chi connectivity index (χ3v) is 6.48. The largest absolute Gasteiger partial charge is 0.394 e. The lowest BCUT2D eigenvalue weighted by molar-refractivity contribution is -0.342. The Morgan fingerprint density at radius 2 is 1.24 bits per heavy atom. The predicted molar refractivity (Wildman–Crippen MR) is 108 cm³/mol. The summed E-state index contributed by atoms with van der Waals surface area (Å²) in [6.07, 6.45) is -16.7. The van der Waals surface area contributed by atoms with Crippen LogP contribution in [0, 0.1) is 0 Å². The van der Waals surface area contributed by atoms with Crippen LogP contribution in [-0.4, -0.2) is 141 Å². The number of rotatable bonds is 6. The molecule has 15 N–H and O–H groups in total. The van der Waals surface area contributed by atoms with E-state index in [1.54, 1.807) is 0 Å². The Bertz CT molecular complexity index is 634. The average molecular weight is 485 g/mol. The van der Waals surface area contributed by atoms with Crippen molar-refractivity contribution in [2.24, 2.45) is 22.9 Å². The Morgan fingerprint density at radius 1 is 0.667 bits per heavy atom. The molecule has 0 aromatic carbocycles. The van der Waals surface area contributed by atoms with Gasteiger partial charge in [0.1, 0.15) is 54.9 Å². The van der Waals surface area contributed by atoms with Crippen LogP contribution in [0.25, 0.3) is 0 Å². The van der Waals surface area contributed by atoms with Crippen molar-refractivity contribution in [3.8, 4) is 0 Å². The van der Waals surface area contributed by atoms with E-state index in [2.05, 4.69) is 0 Å². The maximum Gasteiger partial charge on any atom is 0.187 e. The Labute approximate surface area is 189 Å². The van der Waals surface area contributed by atoms with Crippen molar-refractivity contribution in [3.63, 3.8) is 0 Å². The Morgan fingerprint density at radius 3 is 1.85 bits per heavy atom. The fourth-order valence-corrected chi connectivity index (χ4v) is 4.37. The smallest absolute Gasteiger partial charge is 0.187 e. The molecule has 0 spiro atoms. The van der Waals surface area contributed by atoms with Crippen LogP contribution >= 0.6 is 0 Å². The van der Waals surface area contributed by atoms with Crippen LogP contribution in [0.15, 0.2) is 0 Å². The molecule has 33 heavy (non-hydrogen) atoms. The first-order valence-electron chi connectivity index (χ1n) is 10.8. The number of hydrogen-bond donors (Lipinski definition) is 11. The standard InChI is InChI=1S/C18H36N4O11/c19-2-6-10(25)12(27)8(22)17(30-6)32-15-5(21)1-4(20)9(24)16(15)33-18-14(29)13(28)11(26)7(3-23)31-18/h4-18,23-29H,1-3,19-22H2/t4-,5+,6-,7+,8-,9+,10-,11+,12-,13-,14+,15-,16-,17-,18+/m1/s1. The van der Waals surface area contributed by atoms with Gasteiger partial charge in [-0.1, -0.05) is 0 Å². The monoisotopic (exact) mass is 484 g/mol. The van der Waals surface area contributed by atoms with E-state index < -0.39 is 98.4 Å². The first-order chi connectivity index (χ1) is 15.5. The highest BCUT2D eigenvalue weighted by atomic mass is 16.7. The Balaban J connectivity index is 1.80. The summed E-state index contributed by atoms with van der Waals surface area (Å²) >= 11 is 0. The summed E-state index contributed by atoms with van der Waals surface area (Å²) in [5, 5.41) is 70.7. The van der Waals surface area contributed by atoms with Crippen molar-refractivity contribution >= 4 is 0 Å². The molecule has 3 rings (SSSR count). The normalized spacial score (nSPS) is 53.7. The third kappa shape index (κ3) is 5.32. The quantitative estimate of drug-likeness (QED) is 0.167. The topological polar surface area (TPSA) is 283 Å². The van der Waals surface area contributed by atoms with E-state index in [4.69, 9.17) is 41.9 Å². The lowest BCUT2D eigenvalue weighted by Crippen LogP contribution is -2.69. The molecular formula is C18H36N4O11. The molecule has 0 bridgehead atoms. The maximum absolute atomic E-state index is 10.7. The molecule has 3 fully saturated rings. The molecule has 2 saturated heterocycles. The summed E-state index contributed by atoms with van der Waals surface area (Å²) in [7, 11) is 0. The fraction of sp³-hybridized carbons (Fsp3) is 1.00. The van der Waals surface area contributed by atoms with Gasteiger partial charge in [0.05, 0.1) is 18.8 Å². The second kappa shape index (κ2) is 11.0. The zero-order valence-corrected chi connectivity index (χ0v) is 17.9. The van der Waals surface area contributed by atoms with Crippen LogP contribution in [-0.2, 0) is 18.9 Å². The van der Waals surface area contributed by atoms with E-state index in [1.165, 1.54) is 0 Å². The van der Waals surface area contributed by atoms with Gasteiger partial charge in [0.2, 0.25) is 0 Å². The highest BCUT2D eigenvalue weighted by Crippen LogP contribution is 2.31. The lowest BCUT2D eigenvalue weighted by atomic mass is 9.84. The summed E-state index contributed by atoms with van der Waals surface area (Å²) in [6.45, 7) is -0.817. The van der Waals surface area contributed by atoms with Gasteiger partial charge in [0.15, 0.2) is 12.6 Å². The highest BCUT2D eigenvalue weighted by molar-refractivity contribution is 5.01. The number of ether oxygens (including phenoxy) is 4. The van der Waals surface area contributed by atoms with E-state index in [1.807, 2.05) is 0 Å². The lowest BCUT2D eigenvalue weighted by Gasteiger charge is -2.48. The van der Waals surface area contributed by atoms with Crippen LogP contribution in [0.4, 0.5) is 0 Å². The molecule has 0 unspecified atom stereocenters. The molecule has 1 aliphatic carbocycles. The summed E-state index contributed by atoms with van der Waals surface area (Å²) < 4.78 is 22.5. The minimum Gasteiger partial charge on any atom is -0.394 e. The summed E-state index contributed by atoms with van der Waals surface area (Å²) in [5.41, 5.74) is 23.7. The molecule has 15 atom stereocenters. The third-order valence-electron chi connectivity index (χ3n) is 6.48. The number of aliphatic hydroxyl groups is 7. The summed E-state index contributed by atoms with van der Waals surface area (Å²) in [6, 6.07) is -2.87. The van der Waals surface area contributed by atoms with Gasteiger partial charge in [-0.2, -0.15) is 0 Å². The van der Waals surface area contributed by atoms with Crippen molar-refractivity contribution in [2.45, 2.75) is 98.2 Å². The van der Waals surface area contributed by atoms with E-state index in [0.29, 0.717) is 0 Å². The maximum atomic E-state index is 10.7. The molecule has 0 aromatic rings. The molecule has 15 heteroatoms. The van der Waals surface area contributed by atoms with Crippen molar-refractivity contribution in [1.29, 1.82) is 0 Å². The second-order valence-corrected chi connectivity index (χ2v) is 8.79. The van der Waals surface area contributed by atoms with Crippen molar-refractivity contribution in [2.75, 3.05) is 13.2 Å². The van der Waals surface area contributed by atoms with Crippen LogP contribution in [0.3, 0.4) is 0 Å². The molecule has 2 heterocycles. The summed E-state index contributed by atoms with van der Waals surface area (Å²) in [5.74, 6) is 0. The van der Waals surface area contributed by atoms with Gasteiger partial charge in [-0.05, 0) is 6.42 Å². The van der Waals surface area contributed by atoms with Gasteiger partial charge in [-0.15, -0.1) is 0 Å². The van der Waals surface area contributed by atoms with E-state index in [0.717, 1.165) is 0 Å². The number of aliphatic hydroxyl groups excluding tert-OH is 7. The second-order valence-electron chi connectivity index (χ2n) is 8.79. The van der Waals surface area contributed by atoms with Crippen LogP contribution in [0.5, 0.6) is 0 Å². The highest BCUT2D eigenvalue weighted by Gasteiger charge is 2.52. The molecular weight excluding hydrogens is 448 g/mol. The van der Waals surface area contributed by atoms with Gasteiger partial charge in [0.25, 0.3) is 0 Å². The molecule has 0 amide bonds. The van der Waals surface area contributed by atoms with Crippen molar-refractivity contribution in [3.05, 3.63) is 0 Å². The van der Waals surface area contributed by atoms with Gasteiger partial charge >= 0.3 is 0 Å². The minimum absolute atomic E-state index is 0.105. The summed E-state index contributed by atoms with van der Waals surface area (Å²) in [4.78, 5) is 0. The van der Waals surface area contributed by atoms with E-state index in [9.17, 15) is 35.7 Å². The molecule has 0 radical (unpaired) electrons. The van der Waals surface area contributed by atoms with Crippen molar-refractivity contribution < 1.29 is 54.7 Å². The van der Waals surface area contributed by atoms with E-state index >= 15 is 0 Å². The van der Waals surface area contributed by atoms with Crippen molar-refractivity contribution in [1.82, 2.24) is 0 Å². The Kier molecular flexibility index (Phi) is 8.99. The van der Waals surface area contributed by atoms with Gasteiger partial charge in [-0.25, -0.2) is 0 Å². The minimum atomic E-state index is -1.74. The predicted octanol–water partition coefficient (Wildman–Crippen LogP) is -7.29. The van der Waals surface area contributed by atoms with Crippen LogP contribution < -0.4 is 22.9 Å². The molecule has 3 aliphatic rings. The average Bonchev–Trinajstić information content (AvgIpc) is 2.79. The molecule has 1 saturated carbocycles. The SMILES string of the molecule is NC[C@H]1O[C@H](O[C@H]2[C@H](O[C@@H]3O[C@@H](CO)[C@H](O)[C@@H](O)[C@@H]3O)[C@@H](O)[C@H](N)C[C@@H]2N)[C@H](N)[C@@H](O)[C@@H]1O. The van der Waals surface area contributed by atoms with Gasteiger partial charge in [0, 0.05) is 18.6 Å². The van der Waals surface area contributed by atoms with Crippen LogP contribution in [0.2, 0.25) is 0 Å². The van der Waals surface area contributed by atoms with E-state index in [-0.39, 0.29) is 13.0 Å². The number of nitrogens with two attached hydrogens (primary N) is 4. The molecule has 15 nitrogen and oxygen atoms in total. The fourth-order valence-electron chi connectivity index (χ4n) is 4.37. The molecule has 0 aromatic heterocycles. The molecule has 2 aliphatic heterocycles. The van der Waals surface area contributed by atoms with Gasteiger partial charge < -0.3 is 77.6 Å². The molecule has 194 valence electrons. The zero-order chi connectivity index (χ0) is 24.6. The van der Waals surface area contributed by atoms with Crippen LogP contribution in [0.1, 0.15) is 6.42 Å².